The van der Waals surface area contributed by atoms with E-state index in [0.29, 0.717) is 16.8 Å². The molecule has 0 spiro atoms. The number of amides is 1. The SMILES string of the molecule is CC(Oc1ccc(F)cc1Br)C(=O)NCCC1=CCCCC1. The Hall–Kier alpha value is -1.36. The molecule has 5 heteroatoms. The Labute approximate surface area is 139 Å². The van der Waals surface area contributed by atoms with E-state index in [2.05, 4.69) is 27.3 Å². The van der Waals surface area contributed by atoms with Gasteiger partial charge < -0.3 is 10.1 Å². The molecule has 0 aliphatic heterocycles. The molecular weight excluding hydrogens is 349 g/mol. The van der Waals surface area contributed by atoms with Crippen LogP contribution in [0, 0.1) is 5.82 Å². The summed E-state index contributed by atoms with van der Waals surface area (Å²) in [4.78, 5) is 12.0. The molecule has 0 saturated carbocycles. The predicted molar refractivity (Wildman–Crippen MR) is 88.4 cm³/mol. The van der Waals surface area contributed by atoms with Gasteiger partial charge in [0, 0.05) is 6.54 Å². The molecular formula is C17H21BrFNO2. The summed E-state index contributed by atoms with van der Waals surface area (Å²) in [5.74, 6) is -0.0521. The van der Waals surface area contributed by atoms with Gasteiger partial charge in [0.25, 0.3) is 5.91 Å². The number of hydrogen-bond donors (Lipinski definition) is 1. The van der Waals surface area contributed by atoms with Crippen LogP contribution in [0.2, 0.25) is 0 Å². The quantitative estimate of drug-likeness (QED) is 0.756. The molecule has 3 nitrogen and oxygen atoms in total. The van der Waals surface area contributed by atoms with Gasteiger partial charge in [0.1, 0.15) is 11.6 Å². The van der Waals surface area contributed by atoms with Gasteiger partial charge in [-0.1, -0.05) is 11.6 Å². The minimum atomic E-state index is -0.623. The van der Waals surface area contributed by atoms with Crippen molar-refractivity contribution in [2.24, 2.45) is 0 Å². The van der Waals surface area contributed by atoms with Crippen molar-refractivity contribution in [2.75, 3.05) is 6.54 Å². The van der Waals surface area contributed by atoms with Crippen LogP contribution in [0.1, 0.15) is 39.0 Å². The van der Waals surface area contributed by atoms with Gasteiger partial charge in [0.15, 0.2) is 6.10 Å². The highest BCUT2D eigenvalue weighted by Crippen LogP contribution is 2.26. The Kier molecular flexibility index (Phi) is 6.43. The summed E-state index contributed by atoms with van der Waals surface area (Å²) in [7, 11) is 0. The topological polar surface area (TPSA) is 38.3 Å². The highest BCUT2D eigenvalue weighted by molar-refractivity contribution is 9.10. The first-order valence-corrected chi connectivity index (χ1v) is 8.43. The molecule has 0 aromatic heterocycles. The smallest absolute Gasteiger partial charge is 0.260 e. The average molecular weight is 370 g/mol. The van der Waals surface area contributed by atoms with Crippen LogP contribution in [0.4, 0.5) is 4.39 Å². The Bertz CT molecular complexity index is 560. The van der Waals surface area contributed by atoms with Gasteiger partial charge in [0.05, 0.1) is 4.47 Å². The second-order valence-corrected chi connectivity index (χ2v) is 6.34. The average Bonchev–Trinajstić information content (AvgIpc) is 2.51. The van der Waals surface area contributed by atoms with Gasteiger partial charge in [-0.25, -0.2) is 4.39 Å². The summed E-state index contributed by atoms with van der Waals surface area (Å²) in [6, 6.07) is 4.13. The van der Waals surface area contributed by atoms with Crippen molar-refractivity contribution in [2.45, 2.75) is 45.1 Å². The van der Waals surface area contributed by atoms with Gasteiger partial charge in [-0.3, -0.25) is 4.79 Å². The second kappa shape index (κ2) is 8.32. The summed E-state index contributed by atoms with van der Waals surface area (Å²) in [6.45, 7) is 2.31. The van der Waals surface area contributed by atoms with Crippen molar-refractivity contribution in [3.63, 3.8) is 0 Å². The van der Waals surface area contributed by atoms with Gasteiger partial charge in [-0.2, -0.15) is 0 Å². The minimum Gasteiger partial charge on any atom is -0.480 e. The van der Waals surface area contributed by atoms with Crippen LogP contribution < -0.4 is 10.1 Å². The van der Waals surface area contributed by atoms with Gasteiger partial charge in [-0.15, -0.1) is 0 Å². The Morgan fingerprint density at radius 2 is 2.27 bits per heavy atom. The lowest BCUT2D eigenvalue weighted by atomic mass is 9.97. The number of benzene rings is 1. The highest BCUT2D eigenvalue weighted by Gasteiger charge is 2.16. The Balaban J connectivity index is 1.78. The fraction of sp³-hybridized carbons (Fsp3) is 0.471. The third-order valence-electron chi connectivity index (χ3n) is 3.70. The van der Waals surface area contributed by atoms with E-state index in [-0.39, 0.29) is 11.7 Å². The Morgan fingerprint density at radius 3 is 2.95 bits per heavy atom. The summed E-state index contributed by atoms with van der Waals surface area (Å²) >= 11 is 3.23. The molecule has 120 valence electrons. The number of ether oxygens (including phenoxy) is 1. The lowest BCUT2D eigenvalue weighted by Gasteiger charge is -2.17. The van der Waals surface area contributed by atoms with E-state index < -0.39 is 6.10 Å². The molecule has 0 fully saturated rings. The summed E-state index contributed by atoms with van der Waals surface area (Å²) < 4.78 is 19.1. The lowest BCUT2D eigenvalue weighted by Crippen LogP contribution is -2.37. The summed E-state index contributed by atoms with van der Waals surface area (Å²) in [5, 5.41) is 2.89. The number of nitrogens with one attached hydrogen (secondary N) is 1. The molecule has 1 aromatic rings. The van der Waals surface area contributed by atoms with Crippen LogP contribution in [0.3, 0.4) is 0 Å². The van der Waals surface area contributed by atoms with Gasteiger partial charge in [-0.05, 0) is 73.2 Å². The maximum Gasteiger partial charge on any atom is 0.260 e. The monoisotopic (exact) mass is 369 g/mol. The zero-order valence-electron chi connectivity index (χ0n) is 12.7. The molecule has 1 aromatic carbocycles. The van der Waals surface area contributed by atoms with Crippen molar-refractivity contribution < 1.29 is 13.9 Å². The first kappa shape index (κ1) is 17.0. The number of carbonyl (C=O) groups is 1. The number of carbonyl (C=O) groups excluding carboxylic acids is 1. The van der Waals surface area contributed by atoms with Crippen molar-refractivity contribution in [3.05, 3.63) is 40.1 Å². The molecule has 2 rings (SSSR count). The van der Waals surface area contributed by atoms with E-state index in [9.17, 15) is 9.18 Å². The molecule has 0 bridgehead atoms. The summed E-state index contributed by atoms with van der Waals surface area (Å²) in [6.07, 6.45) is 7.38. The van der Waals surface area contributed by atoms with Crippen LogP contribution in [0.15, 0.2) is 34.3 Å². The van der Waals surface area contributed by atoms with E-state index in [4.69, 9.17) is 4.74 Å². The molecule has 1 unspecified atom stereocenters. The van der Waals surface area contributed by atoms with Crippen LogP contribution in [-0.4, -0.2) is 18.6 Å². The van der Waals surface area contributed by atoms with E-state index in [0.717, 1.165) is 19.3 Å². The van der Waals surface area contributed by atoms with E-state index in [1.807, 2.05) is 0 Å². The molecule has 1 atom stereocenters. The molecule has 1 aliphatic rings. The van der Waals surface area contributed by atoms with E-state index in [1.54, 1.807) is 6.92 Å². The zero-order valence-corrected chi connectivity index (χ0v) is 14.3. The van der Waals surface area contributed by atoms with E-state index in [1.165, 1.54) is 36.6 Å². The normalized spacial score (nSPS) is 15.9. The lowest BCUT2D eigenvalue weighted by molar-refractivity contribution is -0.127. The maximum absolute atomic E-state index is 13.0. The number of allylic oxidation sites excluding steroid dienone is 1. The van der Waals surface area contributed by atoms with Crippen molar-refractivity contribution >= 4 is 21.8 Å². The van der Waals surface area contributed by atoms with E-state index >= 15 is 0 Å². The third kappa shape index (κ3) is 5.13. The van der Waals surface area contributed by atoms with Crippen molar-refractivity contribution in [3.8, 4) is 5.75 Å². The van der Waals surface area contributed by atoms with Crippen LogP contribution in [0.5, 0.6) is 5.75 Å². The first-order valence-electron chi connectivity index (χ1n) is 7.63. The van der Waals surface area contributed by atoms with Crippen molar-refractivity contribution in [1.29, 1.82) is 0 Å². The van der Waals surface area contributed by atoms with Crippen LogP contribution in [0.25, 0.3) is 0 Å². The number of halogens is 2. The fourth-order valence-electron chi connectivity index (χ4n) is 2.44. The molecule has 1 amide bonds. The van der Waals surface area contributed by atoms with Crippen LogP contribution >= 0.6 is 15.9 Å². The largest absolute Gasteiger partial charge is 0.480 e. The van der Waals surface area contributed by atoms with Gasteiger partial charge in [0.2, 0.25) is 0 Å². The molecule has 0 saturated heterocycles. The third-order valence-corrected chi connectivity index (χ3v) is 4.32. The summed E-state index contributed by atoms with van der Waals surface area (Å²) in [5.41, 5.74) is 1.43. The maximum atomic E-state index is 13.0. The first-order chi connectivity index (χ1) is 10.6. The second-order valence-electron chi connectivity index (χ2n) is 5.48. The number of rotatable bonds is 6. The molecule has 0 radical (unpaired) electrons. The molecule has 1 N–H and O–H groups in total. The zero-order chi connectivity index (χ0) is 15.9. The standard InChI is InChI=1S/C17H21BrFNO2/c1-12(22-16-8-7-14(19)11-15(16)18)17(21)20-10-9-13-5-3-2-4-6-13/h5,7-8,11-12H,2-4,6,9-10H2,1H3,(H,20,21). The highest BCUT2D eigenvalue weighted by atomic mass is 79.9. The van der Waals surface area contributed by atoms with Crippen molar-refractivity contribution in [1.82, 2.24) is 5.32 Å². The predicted octanol–water partition coefficient (Wildman–Crippen LogP) is 4.36. The van der Waals surface area contributed by atoms with Gasteiger partial charge >= 0.3 is 0 Å². The minimum absolute atomic E-state index is 0.160. The number of hydrogen-bond acceptors (Lipinski definition) is 2. The molecule has 0 heterocycles. The van der Waals surface area contributed by atoms with Crippen LogP contribution in [-0.2, 0) is 4.79 Å². The molecule has 22 heavy (non-hydrogen) atoms. The fourth-order valence-corrected chi connectivity index (χ4v) is 2.88. The Morgan fingerprint density at radius 1 is 1.45 bits per heavy atom. The molecule has 1 aliphatic carbocycles.